The number of amides is 2. The van der Waals surface area contributed by atoms with Gasteiger partial charge < -0.3 is 14.7 Å². The number of hydrogen-bond donors (Lipinski definition) is 1. The van der Waals surface area contributed by atoms with Crippen molar-refractivity contribution in [1.82, 2.24) is 9.80 Å². The molecule has 2 heterocycles. The summed E-state index contributed by atoms with van der Waals surface area (Å²) < 4.78 is 5.41. The highest BCUT2D eigenvalue weighted by Crippen LogP contribution is 2.26. The average Bonchev–Trinajstić information content (AvgIpc) is 3.19. The fourth-order valence-corrected chi connectivity index (χ4v) is 4.24. The SMILES string of the molecule is Cc1cccc(C2=CCN(C(=O)[C@@H]3C[C@@H](O)CN3C(=O)OCc3ccccc3)CC2)c1. The van der Waals surface area contributed by atoms with Crippen molar-refractivity contribution in [2.45, 2.75) is 38.5 Å². The van der Waals surface area contributed by atoms with Crippen LogP contribution in [0.5, 0.6) is 0 Å². The fraction of sp³-hybridized carbons (Fsp3) is 0.360. The standard InChI is InChI=1S/C25H28N2O4/c1-18-6-5-9-21(14-18)20-10-12-26(13-11-20)24(29)23-15-22(28)16-27(23)25(30)31-17-19-7-3-2-4-8-19/h2-10,14,22-23,28H,11-13,15-17H2,1H3/t22-,23+/m1/s1. The van der Waals surface area contributed by atoms with Gasteiger partial charge in [-0.25, -0.2) is 4.79 Å². The van der Waals surface area contributed by atoms with Crippen molar-refractivity contribution in [3.8, 4) is 0 Å². The Hall–Kier alpha value is -3.12. The molecule has 2 amide bonds. The first kappa shape index (κ1) is 21.1. The van der Waals surface area contributed by atoms with Crippen LogP contribution in [0.4, 0.5) is 4.79 Å². The summed E-state index contributed by atoms with van der Waals surface area (Å²) in [5.41, 5.74) is 4.51. The molecule has 2 aromatic rings. The number of carbonyl (C=O) groups excluding carboxylic acids is 2. The quantitative estimate of drug-likeness (QED) is 0.823. The molecule has 0 spiro atoms. The highest BCUT2D eigenvalue weighted by atomic mass is 16.6. The summed E-state index contributed by atoms with van der Waals surface area (Å²) in [6, 6.07) is 17.1. The zero-order chi connectivity index (χ0) is 21.8. The van der Waals surface area contributed by atoms with Crippen molar-refractivity contribution in [2.24, 2.45) is 0 Å². The van der Waals surface area contributed by atoms with Crippen LogP contribution >= 0.6 is 0 Å². The molecule has 6 nitrogen and oxygen atoms in total. The molecular formula is C25H28N2O4. The van der Waals surface area contributed by atoms with E-state index >= 15 is 0 Å². The van der Waals surface area contributed by atoms with Gasteiger partial charge >= 0.3 is 6.09 Å². The van der Waals surface area contributed by atoms with Crippen LogP contribution in [0.25, 0.3) is 5.57 Å². The van der Waals surface area contributed by atoms with E-state index in [-0.39, 0.29) is 25.5 Å². The number of carbonyl (C=O) groups is 2. The van der Waals surface area contributed by atoms with Crippen LogP contribution in [0, 0.1) is 6.92 Å². The normalized spacial score (nSPS) is 21.0. The number of ether oxygens (including phenoxy) is 1. The number of aryl methyl sites for hydroxylation is 1. The summed E-state index contributed by atoms with van der Waals surface area (Å²) in [6.07, 6.45) is 1.81. The molecule has 0 unspecified atom stereocenters. The van der Waals surface area contributed by atoms with Crippen molar-refractivity contribution in [1.29, 1.82) is 0 Å². The molecular weight excluding hydrogens is 392 g/mol. The molecule has 2 aromatic carbocycles. The van der Waals surface area contributed by atoms with E-state index in [1.807, 2.05) is 36.4 Å². The summed E-state index contributed by atoms with van der Waals surface area (Å²) in [7, 11) is 0. The number of benzene rings is 2. The van der Waals surface area contributed by atoms with Crippen LogP contribution in [0.3, 0.4) is 0 Å². The lowest BCUT2D eigenvalue weighted by Crippen LogP contribution is -2.49. The summed E-state index contributed by atoms with van der Waals surface area (Å²) in [5, 5.41) is 10.1. The minimum absolute atomic E-state index is 0.113. The predicted octanol–water partition coefficient (Wildman–Crippen LogP) is 3.38. The van der Waals surface area contributed by atoms with Gasteiger partial charge in [-0.05, 0) is 30.0 Å². The lowest BCUT2D eigenvalue weighted by molar-refractivity contribution is -0.135. The maximum atomic E-state index is 13.2. The molecule has 0 bridgehead atoms. The van der Waals surface area contributed by atoms with E-state index in [9.17, 15) is 14.7 Å². The highest BCUT2D eigenvalue weighted by molar-refractivity contribution is 5.87. The lowest BCUT2D eigenvalue weighted by atomic mass is 9.97. The van der Waals surface area contributed by atoms with Crippen molar-refractivity contribution in [3.63, 3.8) is 0 Å². The van der Waals surface area contributed by atoms with Crippen LogP contribution in [-0.2, 0) is 16.1 Å². The zero-order valence-electron chi connectivity index (χ0n) is 17.7. The molecule has 162 valence electrons. The molecule has 0 saturated carbocycles. The smallest absolute Gasteiger partial charge is 0.410 e. The Balaban J connectivity index is 1.39. The van der Waals surface area contributed by atoms with Crippen molar-refractivity contribution >= 4 is 17.6 Å². The molecule has 0 aromatic heterocycles. The van der Waals surface area contributed by atoms with Crippen molar-refractivity contribution in [2.75, 3.05) is 19.6 Å². The minimum atomic E-state index is -0.721. The second kappa shape index (κ2) is 9.35. The second-order valence-electron chi connectivity index (χ2n) is 8.23. The molecule has 0 radical (unpaired) electrons. The molecule has 31 heavy (non-hydrogen) atoms. The maximum Gasteiger partial charge on any atom is 0.410 e. The number of rotatable bonds is 4. The zero-order valence-corrected chi connectivity index (χ0v) is 17.7. The third kappa shape index (κ3) is 4.97. The second-order valence-corrected chi connectivity index (χ2v) is 8.23. The van der Waals surface area contributed by atoms with Crippen LogP contribution in [-0.4, -0.2) is 58.7 Å². The summed E-state index contributed by atoms with van der Waals surface area (Å²) in [6.45, 7) is 3.42. The van der Waals surface area contributed by atoms with E-state index in [1.54, 1.807) is 4.90 Å². The van der Waals surface area contributed by atoms with Gasteiger partial charge in [0, 0.05) is 19.5 Å². The van der Waals surface area contributed by atoms with E-state index in [2.05, 4.69) is 31.2 Å². The van der Waals surface area contributed by atoms with Gasteiger partial charge in [-0.2, -0.15) is 0 Å². The molecule has 1 fully saturated rings. The van der Waals surface area contributed by atoms with E-state index in [4.69, 9.17) is 4.74 Å². The first-order valence-corrected chi connectivity index (χ1v) is 10.7. The van der Waals surface area contributed by atoms with Gasteiger partial charge in [0.15, 0.2) is 0 Å². The maximum absolute atomic E-state index is 13.2. The molecule has 1 saturated heterocycles. The predicted molar refractivity (Wildman–Crippen MR) is 118 cm³/mol. The minimum Gasteiger partial charge on any atom is -0.445 e. The van der Waals surface area contributed by atoms with Gasteiger partial charge in [0.25, 0.3) is 0 Å². The molecule has 1 N–H and O–H groups in total. The first-order chi connectivity index (χ1) is 15.0. The van der Waals surface area contributed by atoms with Gasteiger partial charge in [0.05, 0.1) is 12.6 Å². The third-order valence-corrected chi connectivity index (χ3v) is 5.91. The largest absolute Gasteiger partial charge is 0.445 e. The number of β-amino-alcohol motifs (C(OH)–C–C–N with tert-alkyl or cyclic N) is 1. The van der Waals surface area contributed by atoms with Gasteiger partial charge in [-0.15, -0.1) is 0 Å². The summed E-state index contributed by atoms with van der Waals surface area (Å²) in [5.74, 6) is -0.132. The molecule has 2 aliphatic heterocycles. The van der Waals surface area contributed by atoms with E-state index in [0.29, 0.717) is 13.1 Å². The first-order valence-electron chi connectivity index (χ1n) is 10.7. The average molecular weight is 421 g/mol. The summed E-state index contributed by atoms with van der Waals surface area (Å²) in [4.78, 5) is 28.9. The Morgan fingerprint density at radius 2 is 1.94 bits per heavy atom. The van der Waals surface area contributed by atoms with Gasteiger partial charge in [0.2, 0.25) is 5.91 Å². The Bertz CT molecular complexity index is 972. The number of nitrogens with zero attached hydrogens (tertiary/aromatic N) is 2. The van der Waals surface area contributed by atoms with Crippen LogP contribution in [0.2, 0.25) is 0 Å². The number of aliphatic hydroxyl groups is 1. The molecule has 4 rings (SSSR count). The van der Waals surface area contributed by atoms with Gasteiger partial charge in [-0.1, -0.05) is 66.2 Å². The van der Waals surface area contributed by atoms with E-state index < -0.39 is 18.2 Å². The molecule has 2 atom stereocenters. The number of aliphatic hydroxyl groups excluding tert-OH is 1. The van der Waals surface area contributed by atoms with E-state index in [0.717, 1.165) is 12.0 Å². The monoisotopic (exact) mass is 420 g/mol. The Labute approximate surface area is 182 Å². The van der Waals surface area contributed by atoms with E-state index in [1.165, 1.54) is 21.6 Å². The topological polar surface area (TPSA) is 70.1 Å². The van der Waals surface area contributed by atoms with Crippen LogP contribution in [0.15, 0.2) is 60.7 Å². The number of likely N-dealkylation sites (tertiary alicyclic amines) is 1. The van der Waals surface area contributed by atoms with Crippen molar-refractivity contribution in [3.05, 3.63) is 77.4 Å². The third-order valence-electron chi connectivity index (χ3n) is 5.91. The summed E-state index contributed by atoms with van der Waals surface area (Å²) >= 11 is 0. The van der Waals surface area contributed by atoms with Crippen LogP contribution in [0.1, 0.15) is 29.5 Å². The lowest BCUT2D eigenvalue weighted by Gasteiger charge is -2.31. The van der Waals surface area contributed by atoms with Gasteiger partial charge in [-0.3, -0.25) is 9.69 Å². The van der Waals surface area contributed by atoms with Crippen molar-refractivity contribution < 1.29 is 19.4 Å². The fourth-order valence-electron chi connectivity index (χ4n) is 4.24. The van der Waals surface area contributed by atoms with Crippen LogP contribution < -0.4 is 0 Å². The Morgan fingerprint density at radius 1 is 1.13 bits per heavy atom. The molecule has 0 aliphatic carbocycles. The van der Waals surface area contributed by atoms with Gasteiger partial charge in [0.1, 0.15) is 12.6 Å². The molecule has 2 aliphatic rings. The number of hydrogen-bond acceptors (Lipinski definition) is 4. The highest BCUT2D eigenvalue weighted by Gasteiger charge is 2.41. The molecule has 6 heteroatoms. The Morgan fingerprint density at radius 3 is 2.65 bits per heavy atom. The Kier molecular flexibility index (Phi) is 6.37.